The second kappa shape index (κ2) is 51.9. The quantitative estimate of drug-likeness (QED) is 0.0261. The highest BCUT2D eigenvalue weighted by Gasteiger charge is 2.44. The zero-order valence-electron chi connectivity index (χ0n) is 46.5. The standard InChI is InChI=1S/C62H117NO8/c1-3-5-7-9-11-13-15-17-19-21-23-24-25-26-27-28-29-30-31-32-34-35-37-39-41-43-45-47-49-51-56(65)55(54-70-62-61(69)60(68)59(67)57(53-64)71-62)63-58(66)52-50-48-46-44-42-40-38-36-33-22-20-18-16-14-12-10-8-6-4-2/h12,14,18,20,33,36,55-57,59-62,64-65,67-69H,3-11,13,15-17,19,21-32,34-35,37-54H2,1-2H3,(H,63,66)/b14-12-,20-18-,36-33-. The predicted octanol–water partition coefficient (Wildman–Crippen LogP) is 15.5. The van der Waals surface area contributed by atoms with Gasteiger partial charge in [0.25, 0.3) is 0 Å². The molecule has 9 nitrogen and oxygen atoms in total. The maximum Gasteiger partial charge on any atom is 0.220 e. The minimum atomic E-state index is -1.56. The van der Waals surface area contributed by atoms with Crippen LogP contribution < -0.4 is 5.32 Å². The number of carbonyl (C=O) groups excluding carboxylic acids is 1. The van der Waals surface area contributed by atoms with Crippen LogP contribution in [0, 0.1) is 0 Å². The molecule has 7 unspecified atom stereocenters. The molecule has 0 saturated carbocycles. The summed E-state index contributed by atoms with van der Waals surface area (Å²) in [6, 6.07) is -0.727. The number of ether oxygens (including phenoxy) is 2. The molecule has 418 valence electrons. The summed E-state index contributed by atoms with van der Waals surface area (Å²) in [7, 11) is 0. The Labute approximate surface area is 438 Å². The molecule has 0 spiro atoms. The first-order valence-electron chi connectivity index (χ1n) is 30.7. The fourth-order valence-electron chi connectivity index (χ4n) is 9.88. The van der Waals surface area contributed by atoms with E-state index in [-0.39, 0.29) is 12.5 Å². The smallest absolute Gasteiger partial charge is 0.220 e. The van der Waals surface area contributed by atoms with Gasteiger partial charge in [-0.3, -0.25) is 4.79 Å². The third-order valence-corrected chi connectivity index (χ3v) is 14.7. The van der Waals surface area contributed by atoms with Crippen molar-refractivity contribution in [2.45, 2.75) is 339 Å². The van der Waals surface area contributed by atoms with Gasteiger partial charge in [0.1, 0.15) is 24.4 Å². The molecular formula is C62H117NO8. The van der Waals surface area contributed by atoms with Gasteiger partial charge in [0.05, 0.1) is 25.4 Å². The second-order valence-electron chi connectivity index (χ2n) is 21.5. The van der Waals surface area contributed by atoms with Crippen LogP contribution in [0.4, 0.5) is 0 Å². The Morgan fingerprint density at radius 1 is 0.479 bits per heavy atom. The van der Waals surface area contributed by atoms with Gasteiger partial charge < -0.3 is 40.3 Å². The number of aliphatic hydroxyl groups excluding tert-OH is 5. The molecule has 1 rings (SSSR count). The van der Waals surface area contributed by atoms with Crippen molar-refractivity contribution in [2.24, 2.45) is 0 Å². The van der Waals surface area contributed by atoms with Crippen LogP contribution in [0.5, 0.6) is 0 Å². The maximum absolute atomic E-state index is 13.1. The van der Waals surface area contributed by atoms with Crippen molar-refractivity contribution in [3.8, 4) is 0 Å². The highest BCUT2D eigenvalue weighted by atomic mass is 16.7. The molecule has 7 atom stereocenters. The average Bonchev–Trinajstić information content (AvgIpc) is 3.37. The van der Waals surface area contributed by atoms with Crippen LogP contribution >= 0.6 is 0 Å². The lowest BCUT2D eigenvalue weighted by Crippen LogP contribution is -2.60. The number of amides is 1. The lowest BCUT2D eigenvalue weighted by Gasteiger charge is -2.40. The zero-order valence-corrected chi connectivity index (χ0v) is 46.5. The van der Waals surface area contributed by atoms with Crippen LogP contribution in [0.3, 0.4) is 0 Å². The third kappa shape index (κ3) is 41.4. The highest BCUT2D eigenvalue weighted by molar-refractivity contribution is 5.76. The van der Waals surface area contributed by atoms with E-state index in [1.807, 2.05) is 0 Å². The Morgan fingerprint density at radius 2 is 0.831 bits per heavy atom. The summed E-state index contributed by atoms with van der Waals surface area (Å²) in [6.45, 7) is 3.83. The summed E-state index contributed by atoms with van der Waals surface area (Å²) < 4.78 is 11.3. The molecule has 0 bridgehead atoms. The van der Waals surface area contributed by atoms with Gasteiger partial charge in [-0.1, -0.05) is 275 Å². The van der Waals surface area contributed by atoms with E-state index < -0.39 is 49.5 Å². The topological polar surface area (TPSA) is 149 Å². The largest absolute Gasteiger partial charge is 0.394 e. The summed E-state index contributed by atoms with van der Waals surface area (Å²) in [5.74, 6) is -0.154. The van der Waals surface area contributed by atoms with Crippen LogP contribution in [0.2, 0.25) is 0 Å². The lowest BCUT2D eigenvalue weighted by molar-refractivity contribution is -0.302. The monoisotopic (exact) mass is 1000 g/mol. The molecule has 6 N–H and O–H groups in total. The molecule has 0 aromatic carbocycles. The highest BCUT2D eigenvalue weighted by Crippen LogP contribution is 2.23. The molecular weight excluding hydrogens is 887 g/mol. The van der Waals surface area contributed by atoms with Gasteiger partial charge in [-0.05, 0) is 51.4 Å². The minimum absolute atomic E-state index is 0.142. The summed E-state index contributed by atoms with van der Waals surface area (Å²) in [5.41, 5.74) is 0. The number of hydrogen-bond donors (Lipinski definition) is 6. The number of nitrogens with one attached hydrogen (secondary N) is 1. The number of hydrogen-bond acceptors (Lipinski definition) is 8. The van der Waals surface area contributed by atoms with Crippen LogP contribution in [0.1, 0.15) is 296 Å². The fraction of sp³-hybridized carbons (Fsp3) is 0.887. The summed E-state index contributed by atoms with van der Waals surface area (Å²) in [4.78, 5) is 13.1. The normalized spacial score (nSPS) is 19.5. The first kappa shape index (κ1) is 67.4. The van der Waals surface area contributed by atoms with Crippen LogP contribution in [-0.4, -0.2) is 87.5 Å². The third-order valence-electron chi connectivity index (χ3n) is 14.7. The number of unbranched alkanes of at least 4 members (excludes halogenated alkanes) is 37. The summed E-state index contributed by atoms with van der Waals surface area (Å²) >= 11 is 0. The van der Waals surface area contributed by atoms with Gasteiger partial charge >= 0.3 is 0 Å². The van der Waals surface area contributed by atoms with Crippen molar-refractivity contribution < 1.29 is 39.8 Å². The van der Waals surface area contributed by atoms with E-state index in [0.717, 1.165) is 64.2 Å². The predicted molar refractivity (Wildman–Crippen MR) is 300 cm³/mol. The van der Waals surface area contributed by atoms with Gasteiger partial charge in [-0.2, -0.15) is 0 Å². The maximum atomic E-state index is 13.1. The van der Waals surface area contributed by atoms with E-state index in [0.29, 0.717) is 12.8 Å². The van der Waals surface area contributed by atoms with E-state index in [2.05, 4.69) is 55.6 Å². The molecule has 1 amide bonds. The SMILES string of the molecule is CCCCC/C=C\C/C=C\C/C=C\CCCCCCCCC(=O)NC(COC1OC(CO)C(O)C(O)C1O)C(O)CCCCCCCCCCCCCCCCCCCCCCCCCCCCCCC. The molecule has 71 heavy (non-hydrogen) atoms. The summed E-state index contributed by atoms with van der Waals surface area (Å²) in [6.07, 6.45) is 60.4. The Morgan fingerprint density at radius 3 is 1.25 bits per heavy atom. The van der Waals surface area contributed by atoms with Crippen molar-refractivity contribution in [1.82, 2.24) is 5.32 Å². The van der Waals surface area contributed by atoms with E-state index in [9.17, 15) is 30.3 Å². The van der Waals surface area contributed by atoms with E-state index in [4.69, 9.17) is 9.47 Å². The molecule has 1 fully saturated rings. The van der Waals surface area contributed by atoms with Gasteiger partial charge in [0.15, 0.2) is 6.29 Å². The molecule has 0 aromatic heterocycles. The Bertz CT molecular complexity index is 1210. The summed E-state index contributed by atoms with van der Waals surface area (Å²) in [5, 5.41) is 54.7. The minimum Gasteiger partial charge on any atom is -0.394 e. The molecule has 0 radical (unpaired) electrons. The average molecular weight is 1000 g/mol. The Hall–Kier alpha value is -1.59. The Balaban J connectivity index is 2.16. The molecule has 1 saturated heterocycles. The van der Waals surface area contributed by atoms with Crippen LogP contribution in [0.25, 0.3) is 0 Å². The van der Waals surface area contributed by atoms with Crippen molar-refractivity contribution in [1.29, 1.82) is 0 Å². The van der Waals surface area contributed by atoms with Crippen molar-refractivity contribution in [2.75, 3.05) is 13.2 Å². The van der Waals surface area contributed by atoms with Crippen molar-refractivity contribution in [3.05, 3.63) is 36.5 Å². The van der Waals surface area contributed by atoms with E-state index >= 15 is 0 Å². The molecule has 1 aliphatic heterocycles. The number of rotatable bonds is 53. The van der Waals surface area contributed by atoms with Crippen LogP contribution in [0.15, 0.2) is 36.5 Å². The number of aliphatic hydroxyl groups is 5. The van der Waals surface area contributed by atoms with E-state index in [1.165, 1.54) is 205 Å². The van der Waals surface area contributed by atoms with Crippen molar-refractivity contribution in [3.63, 3.8) is 0 Å². The van der Waals surface area contributed by atoms with Gasteiger partial charge in [-0.25, -0.2) is 0 Å². The number of carbonyl (C=O) groups is 1. The van der Waals surface area contributed by atoms with Crippen LogP contribution in [-0.2, 0) is 14.3 Å². The molecule has 1 heterocycles. The number of allylic oxidation sites excluding steroid dienone is 6. The first-order valence-corrected chi connectivity index (χ1v) is 30.7. The first-order chi connectivity index (χ1) is 34.8. The van der Waals surface area contributed by atoms with E-state index in [1.54, 1.807) is 0 Å². The molecule has 1 aliphatic rings. The Kier molecular flexibility index (Phi) is 49.3. The zero-order chi connectivity index (χ0) is 51.5. The lowest BCUT2D eigenvalue weighted by atomic mass is 9.99. The fourth-order valence-corrected chi connectivity index (χ4v) is 9.88. The van der Waals surface area contributed by atoms with Gasteiger partial charge in [-0.15, -0.1) is 0 Å². The molecule has 0 aliphatic carbocycles. The van der Waals surface area contributed by atoms with Crippen molar-refractivity contribution >= 4 is 5.91 Å². The second-order valence-corrected chi connectivity index (χ2v) is 21.5. The molecule has 9 heteroatoms. The van der Waals surface area contributed by atoms with Gasteiger partial charge in [0.2, 0.25) is 5.91 Å². The van der Waals surface area contributed by atoms with Gasteiger partial charge in [0, 0.05) is 6.42 Å². The molecule has 0 aromatic rings.